The molecule has 1 aliphatic carbocycles. The second-order valence-corrected chi connectivity index (χ2v) is 5.47. The van der Waals surface area contributed by atoms with Crippen molar-refractivity contribution in [3.8, 4) is 6.07 Å². The molecule has 1 saturated carbocycles. The van der Waals surface area contributed by atoms with Crippen LogP contribution in [-0.4, -0.2) is 23.6 Å². The number of pyridine rings is 1. The Morgan fingerprint density at radius 3 is 2.65 bits per heavy atom. The van der Waals surface area contributed by atoms with Crippen LogP contribution in [0.4, 0.5) is 0 Å². The van der Waals surface area contributed by atoms with E-state index < -0.39 is 0 Å². The topological polar surface area (TPSA) is 64.2 Å². The summed E-state index contributed by atoms with van der Waals surface area (Å²) in [5.74, 6) is 0.0661. The fraction of sp³-hybridized carbons (Fsp3) is 0.600. The van der Waals surface area contributed by atoms with Crippen LogP contribution in [0.5, 0.6) is 0 Å². The summed E-state index contributed by atoms with van der Waals surface area (Å²) in [5, 5.41) is 8.74. The fourth-order valence-electron chi connectivity index (χ4n) is 3.17. The van der Waals surface area contributed by atoms with Crippen molar-refractivity contribution >= 4 is 0 Å². The van der Waals surface area contributed by atoms with Gasteiger partial charge in [-0.05, 0) is 24.3 Å². The Hall–Kier alpha value is -1.64. The van der Waals surface area contributed by atoms with Crippen LogP contribution < -0.4 is 5.56 Å². The SMILES string of the molecule is N#CCn1cc(C2CCC3(CC2)OCCO3)ccc1=O. The van der Waals surface area contributed by atoms with Crippen molar-refractivity contribution in [3.05, 3.63) is 34.2 Å². The average molecular weight is 274 g/mol. The molecule has 0 amide bonds. The Bertz CT molecular complexity index is 572. The van der Waals surface area contributed by atoms with Gasteiger partial charge in [-0.15, -0.1) is 0 Å². The second-order valence-electron chi connectivity index (χ2n) is 5.47. The molecule has 2 fully saturated rings. The molecular formula is C15H18N2O3. The monoisotopic (exact) mass is 274 g/mol. The average Bonchev–Trinajstić information content (AvgIpc) is 2.91. The van der Waals surface area contributed by atoms with Crippen LogP contribution >= 0.6 is 0 Å². The summed E-state index contributed by atoms with van der Waals surface area (Å²) in [6, 6.07) is 5.46. The summed E-state index contributed by atoms with van der Waals surface area (Å²) < 4.78 is 12.9. The molecule has 0 N–H and O–H groups in total. The van der Waals surface area contributed by atoms with E-state index in [1.165, 1.54) is 4.57 Å². The zero-order valence-corrected chi connectivity index (χ0v) is 11.4. The van der Waals surface area contributed by atoms with Crippen LogP contribution in [0.15, 0.2) is 23.1 Å². The van der Waals surface area contributed by atoms with Gasteiger partial charge in [0.25, 0.3) is 5.56 Å². The molecule has 1 saturated heterocycles. The van der Waals surface area contributed by atoms with Gasteiger partial charge in [-0.1, -0.05) is 6.07 Å². The highest BCUT2D eigenvalue weighted by Crippen LogP contribution is 2.41. The van der Waals surface area contributed by atoms with E-state index in [1.54, 1.807) is 6.07 Å². The summed E-state index contributed by atoms with van der Waals surface area (Å²) >= 11 is 0. The van der Waals surface area contributed by atoms with Gasteiger partial charge in [0, 0.05) is 25.1 Å². The van der Waals surface area contributed by atoms with Crippen molar-refractivity contribution in [3.63, 3.8) is 0 Å². The number of aromatic nitrogens is 1. The van der Waals surface area contributed by atoms with Crippen LogP contribution in [0.1, 0.15) is 37.2 Å². The first kappa shape index (κ1) is 13.3. The van der Waals surface area contributed by atoms with Crippen LogP contribution in [0.2, 0.25) is 0 Å². The Kier molecular flexibility index (Phi) is 3.60. The van der Waals surface area contributed by atoms with E-state index in [0.29, 0.717) is 19.1 Å². The number of hydrogen-bond acceptors (Lipinski definition) is 4. The van der Waals surface area contributed by atoms with Gasteiger partial charge in [0.15, 0.2) is 5.79 Å². The molecule has 0 unspecified atom stereocenters. The smallest absolute Gasteiger partial charge is 0.251 e. The highest BCUT2D eigenvalue weighted by atomic mass is 16.7. The number of nitrogens with zero attached hydrogens (tertiary/aromatic N) is 2. The summed E-state index contributed by atoms with van der Waals surface area (Å²) in [4.78, 5) is 11.6. The van der Waals surface area contributed by atoms with Gasteiger partial charge < -0.3 is 14.0 Å². The molecule has 0 atom stereocenters. The van der Waals surface area contributed by atoms with E-state index >= 15 is 0 Å². The van der Waals surface area contributed by atoms with Crippen molar-refractivity contribution < 1.29 is 9.47 Å². The minimum Gasteiger partial charge on any atom is -0.348 e. The molecule has 5 heteroatoms. The van der Waals surface area contributed by atoms with Gasteiger partial charge in [-0.2, -0.15) is 5.26 Å². The fourth-order valence-corrected chi connectivity index (χ4v) is 3.17. The normalized spacial score (nSPS) is 21.9. The molecule has 2 aliphatic rings. The van der Waals surface area contributed by atoms with Crippen molar-refractivity contribution in [2.45, 2.75) is 43.9 Å². The lowest BCUT2D eigenvalue weighted by molar-refractivity contribution is -0.178. The highest BCUT2D eigenvalue weighted by molar-refractivity contribution is 5.17. The molecule has 1 aromatic heterocycles. The predicted molar refractivity (Wildman–Crippen MR) is 72.2 cm³/mol. The van der Waals surface area contributed by atoms with Crippen molar-refractivity contribution in [1.29, 1.82) is 5.26 Å². The summed E-state index contributed by atoms with van der Waals surface area (Å²) in [6.07, 6.45) is 5.60. The van der Waals surface area contributed by atoms with Crippen LogP contribution in [0.3, 0.4) is 0 Å². The highest BCUT2D eigenvalue weighted by Gasteiger charge is 2.40. The van der Waals surface area contributed by atoms with E-state index in [9.17, 15) is 4.79 Å². The van der Waals surface area contributed by atoms with Crippen molar-refractivity contribution in [2.24, 2.45) is 0 Å². The third kappa shape index (κ3) is 2.49. The van der Waals surface area contributed by atoms with Crippen LogP contribution in [-0.2, 0) is 16.0 Å². The molecule has 3 rings (SSSR count). The Labute approximate surface area is 117 Å². The minimum absolute atomic E-state index is 0.107. The van der Waals surface area contributed by atoms with Gasteiger partial charge in [0.05, 0.1) is 19.3 Å². The first-order chi connectivity index (χ1) is 9.72. The maximum absolute atomic E-state index is 11.6. The predicted octanol–water partition coefficient (Wildman–Crippen LogP) is 1.77. The number of ether oxygens (including phenoxy) is 2. The molecular weight excluding hydrogens is 256 g/mol. The van der Waals surface area contributed by atoms with Crippen molar-refractivity contribution in [1.82, 2.24) is 4.57 Å². The zero-order chi connectivity index (χ0) is 14.0. The van der Waals surface area contributed by atoms with Crippen LogP contribution in [0.25, 0.3) is 0 Å². The Balaban J connectivity index is 1.73. The molecule has 2 heterocycles. The maximum Gasteiger partial charge on any atom is 0.251 e. The summed E-state index contributed by atoms with van der Waals surface area (Å²) in [7, 11) is 0. The van der Waals surface area contributed by atoms with Gasteiger partial charge in [-0.3, -0.25) is 4.79 Å². The molecule has 1 spiro atoms. The van der Waals surface area contributed by atoms with Gasteiger partial charge in [0.1, 0.15) is 6.54 Å². The molecule has 0 bridgehead atoms. The summed E-state index contributed by atoms with van der Waals surface area (Å²) in [6.45, 7) is 1.49. The molecule has 1 aromatic rings. The Morgan fingerprint density at radius 1 is 1.30 bits per heavy atom. The molecule has 0 aromatic carbocycles. The molecule has 106 valence electrons. The van der Waals surface area contributed by atoms with E-state index in [4.69, 9.17) is 14.7 Å². The second kappa shape index (κ2) is 5.39. The van der Waals surface area contributed by atoms with Crippen LogP contribution in [0, 0.1) is 11.3 Å². The first-order valence-corrected chi connectivity index (χ1v) is 7.08. The van der Waals surface area contributed by atoms with E-state index in [2.05, 4.69) is 0 Å². The van der Waals surface area contributed by atoms with E-state index in [-0.39, 0.29) is 17.9 Å². The van der Waals surface area contributed by atoms with E-state index in [1.807, 2.05) is 18.3 Å². The molecule has 0 radical (unpaired) electrons. The summed E-state index contributed by atoms with van der Waals surface area (Å²) in [5.41, 5.74) is 1.01. The quantitative estimate of drug-likeness (QED) is 0.824. The van der Waals surface area contributed by atoms with Gasteiger partial charge >= 0.3 is 0 Å². The zero-order valence-electron chi connectivity index (χ0n) is 11.4. The number of rotatable bonds is 2. The van der Waals surface area contributed by atoms with Gasteiger partial charge in [0.2, 0.25) is 0 Å². The van der Waals surface area contributed by atoms with Crippen molar-refractivity contribution in [2.75, 3.05) is 13.2 Å². The molecule has 20 heavy (non-hydrogen) atoms. The molecule has 5 nitrogen and oxygen atoms in total. The lowest BCUT2D eigenvalue weighted by Crippen LogP contribution is -2.34. The third-order valence-corrected chi connectivity index (χ3v) is 4.28. The number of nitriles is 1. The maximum atomic E-state index is 11.6. The standard InChI is InChI=1S/C15H18N2O3/c16-7-8-17-11-13(1-2-14(17)18)12-3-5-15(6-4-12)19-9-10-20-15/h1-2,11-12H,3-6,8-10H2. The minimum atomic E-state index is -0.350. The third-order valence-electron chi connectivity index (χ3n) is 4.28. The lowest BCUT2D eigenvalue weighted by Gasteiger charge is -2.35. The first-order valence-electron chi connectivity index (χ1n) is 7.08. The largest absolute Gasteiger partial charge is 0.348 e. The Morgan fingerprint density at radius 2 is 2.00 bits per heavy atom. The number of hydrogen-bond donors (Lipinski definition) is 0. The van der Waals surface area contributed by atoms with E-state index in [0.717, 1.165) is 31.2 Å². The molecule has 1 aliphatic heterocycles. The lowest BCUT2D eigenvalue weighted by atomic mass is 9.81. The van der Waals surface area contributed by atoms with Gasteiger partial charge in [-0.25, -0.2) is 0 Å².